The van der Waals surface area contributed by atoms with Crippen molar-refractivity contribution in [2.24, 2.45) is 5.41 Å². The molecular formula is C17H23ClFN3O. The zero-order chi connectivity index (χ0) is 17.4. The number of nitrogens with zero attached hydrogens (tertiary/aromatic N) is 1. The zero-order valence-corrected chi connectivity index (χ0v) is 14.9. The summed E-state index contributed by atoms with van der Waals surface area (Å²) >= 11 is 5.86. The van der Waals surface area contributed by atoms with Crippen molar-refractivity contribution in [3.63, 3.8) is 0 Å². The van der Waals surface area contributed by atoms with E-state index in [4.69, 9.17) is 11.6 Å². The molecule has 0 bridgehead atoms. The highest BCUT2D eigenvalue weighted by Gasteiger charge is 2.19. The van der Waals surface area contributed by atoms with Crippen LogP contribution in [0.4, 0.5) is 4.39 Å². The van der Waals surface area contributed by atoms with Crippen molar-refractivity contribution in [1.82, 2.24) is 15.3 Å². The highest BCUT2D eigenvalue weighted by atomic mass is 35.5. The SMILES string of the molecule is Cc1nc2[nH]c(C(=O)NC(C)CCC(C)(C)C)cc2c(F)c1Cl. The first-order chi connectivity index (χ1) is 10.6. The van der Waals surface area contributed by atoms with E-state index >= 15 is 0 Å². The predicted octanol–water partition coefficient (Wildman–Crippen LogP) is 4.61. The van der Waals surface area contributed by atoms with Crippen LogP contribution in [0.5, 0.6) is 0 Å². The maximum absolute atomic E-state index is 14.1. The van der Waals surface area contributed by atoms with Gasteiger partial charge in [0.05, 0.1) is 16.1 Å². The lowest BCUT2D eigenvalue weighted by atomic mass is 9.89. The average molecular weight is 340 g/mol. The van der Waals surface area contributed by atoms with Crippen LogP contribution in [0, 0.1) is 18.2 Å². The average Bonchev–Trinajstić information content (AvgIpc) is 2.86. The van der Waals surface area contributed by atoms with E-state index in [1.807, 2.05) is 6.92 Å². The molecule has 0 saturated carbocycles. The van der Waals surface area contributed by atoms with E-state index in [1.54, 1.807) is 6.92 Å². The molecule has 1 amide bonds. The van der Waals surface area contributed by atoms with Crippen LogP contribution in [-0.2, 0) is 0 Å². The van der Waals surface area contributed by atoms with Gasteiger partial charge in [0.1, 0.15) is 11.3 Å². The molecule has 6 heteroatoms. The van der Waals surface area contributed by atoms with Crippen LogP contribution in [0.2, 0.25) is 5.02 Å². The minimum Gasteiger partial charge on any atom is -0.348 e. The lowest BCUT2D eigenvalue weighted by molar-refractivity contribution is 0.0931. The monoisotopic (exact) mass is 339 g/mol. The number of amides is 1. The van der Waals surface area contributed by atoms with E-state index < -0.39 is 5.82 Å². The van der Waals surface area contributed by atoms with Crippen molar-refractivity contribution in [3.8, 4) is 0 Å². The first kappa shape index (κ1) is 17.7. The van der Waals surface area contributed by atoms with Crippen molar-refractivity contribution in [2.45, 2.75) is 53.5 Å². The summed E-state index contributed by atoms with van der Waals surface area (Å²) in [5, 5.41) is 3.14. The Balaban J connectivity index is 2.14. The number of carbonyl (C=O) groups is 1. The quantitative estimate of drug-likeness (QED) is 0.854. The zero-order valence-electron chi connectivity index (χ0n) is 14.2. The smallest absolute Gasteiger partial charge is 0.267 e. The number of carbonyl (C=O) groups excluding carboxylic acids is 1. The number of hydrogen-bond donors (Lipinski definition) is 2. The van der Waals surface area contributed by atoms with E-state index in [1.165, 1.54) is 6.07 Å². The van der Waals surface area contributed by atoms with Gasteiger partial charge < -0.3 is 10.3 Å². The Labute approximate surface area is 140 Å². The second kappa shape index (κ2) is 6.48. The Morgan fingerprint density at radius 3 is 2.74 bits per heavy atom. The standard InChI is InChI=1S/C17H23ClFN3O/c1-9(6-7-17(3,4)5)20-16(23)12-8-11-14(19)13(18)10(2)21-15(11)22-12/h8-9H,6-7H2,1-5H3,(H,20,23)(H,21,22). The maximum Gasteiger partial charge on any atom is 0.267 e. The van der Waals surface area contributed by atoms with E-state index in [0.29, 0.717) is 11.3 Å². The third-order valence-corrected chi connectivity index (χ3v) is 4.21. The minimum absolute atomic E-state index is 0.0120. The van der Waals surface area contributed by atoms with Crippen molar-refractivity contribution < 1.29 is 9.18 Å². The van der Waals surface area contributed by atoms with Gasteiger partial charge in [-0.05, 0) is 38.2 Å². The van der Waals surface area contributed by atoms with Gasteiger partial charge in [0.2, 0.25) is 0 Å². The predicted molar refractivity (Wildman–Crippen MR) is 91.4 cm³/mol. The molecule has 0 spiro atoms. The Hall–Kier alpha value is -1.62. The molecular weight excluding hydrogens is 317 g/mol. The normalized spacial score (nSPS) is 13.3. The molecule has 0 aliphatic rings. The number of aromatic amines is 1. The number of H-pyrrole nitrogens is 1. The van der Waals surface area contributed by atoms with Crippen LogP contribution in [0.25, 0.3) is 11.0 Å². The van der Waals surface area contributed by atoms with Gasteiger partial charge in [-0.2, -0.15) is 0 Å². The second-order valence-electron chi connectivity index (χ2n) is 7.24. The van der Waals surface area contributed by atoms with Gasteiger partial charge in [0.25, 0.3) is 5.91 Å². The molecule has 0 radical (unpaired) electrons. The summed E-state index contributed by atoms with van der Waals surface area (Å²) in [5.41, 5.74) is 1.23. The molecule has 2 aromatic heterocycles. The van der Waals surface area contributed by atoms with Crippen LogP contribution in [0.15, 0.2) is 6.07 Å². The number of pyridine rings is 1. The van der Waals surface area contributed by atoms with E-state index in [2.05, 4.69) is 36.1 Å². The molecule has 2 rings (SSSR count). The third-order valence-electron chi connectivity index (χ3n) is 3.77. The fraction of sp³-hybridized carbons (Fsp3) is 0.529. The van der Waals surface area contributed by atoms with Crippen LogP contribution in [0.1, 0.15) is 56.7 Å². The second-order valence-corrected chi connectivity index (χ2v) is 7.62. The largest absolute Gasteiger partial charge is 0.348 e. The summed E-state index contributed by atoms with van der Waals surface area (Å²) < 4.78 is 14.1. The lowest BCUT2D eigenvalue weighted by Crippen LogP contribution is -2.33. The van der Waals surface area contributed by atoms with Gasteiger partial charge in [0.15, 0.2) is 5.82 Å². The van der Waals surface area contributed by atoms with Crippen molar-refractivity contribution in [2.75, 3.05) is 0 Å². The molecule has 1 unspecified atom stereocenters. The van der Waals surface area contributed by atoms with E-state index in [0.717, 1.165) is 12.8 Å². The molecule has 126 valence electrons. The van der Waals surface area contributed by atoms with E-state index in [-0.39, 0.29) is 33.5 Å². The fourth-order valence-corrected chi connectivity index (χ4v) is 2.48. The molecule has 0 fully saturated rings. The van der Waals surface area contributed by atoms with Crippen LogP contribution < -0.4 is 5.32 Å². The summed E-state index contributed by atoms with van der Waals surface area (Å²) in [6, 6.07) is 1.49. The van der Waals surface area contributed by atoms with Gasteiger partial charge >= 0.3 is 0 Å². The molecule has 0 aromatic carbocycles. The molecule has 0 saturated heterocycles. The topological polar surface area (TPSA) is 57.8 Å². The van der Waals surface area contributed by atoms with Gasteiger partial charge in [-0.1, -0.05) is 32.4 Å². The first-order valence-electron chi connectivity index (χ1n) is 7.73. The number of hydrogen-bond acceptors (Lipinski definition) is 2. The minimum atomic E-state index is -0.551. The lowest BCUT2D eigenvalue weighted by Gasteiger charge is -2.21. The van der Waals surface area contributed by atoms with E-state index in [9.17, 15) is 9.18 Å². The molecule has 23 heavy (non-hydrogen) atoms. The number of aryl methyl sites for hydroxylation is 1. The number of halogens is 2. The fourth-order valence-electron chi connectivity index (χ4n) is 2.34. The molecule has 2 N–H and O–H groups in total. The van der Waals surface area contributed by atoms with Gasteiger partial charge in [-0.25, -0.2) is 9.37 Å². The molecule has 2 heterocycles. The summed E-state index contributed by atoms with van der Waals surface area (Å²) in [7, 11) is 0. The van der Waals surface area contributed by atoms with Gasteiger partial charge in [-0.15, -0.1) is 0 Å². The Bertz CT molecular complexity index is 733. The summed E-state index contributed by atoms with van der Waals surface area (Å²) in [6.07, 6.45) is 1.89. The maximum atomic E-state index is 14.1. The molecule has 0 aliphatic carbocycles. The number of nitrogens with one attached hydrogen (secondary N) is 2. The molecule has 1 atom stereocenters. The summed E-state index contributed by atoms with van der Waals surface area (Å²) in [6.45, 7) is 10.1. The van der Waals surface area contributed by atoms with Crippen molar-refractivity contribution >= 4 is 28.5 Å². The van der Waals surface area contributed by atoms with Crippen molar-refractivity contribution in [3.05, 3.63) is 28.3 Å². The Kier molecular flexibility index (Phi) is 4.99. The van der Waals surface area contributed by atoms with Gasteiger partial charge in [0, 0.05) is 6.04 Å². The highest BCUT2D eigenvalue weighted by Crippen LogP contribution is 2.26. The van der Waals surface area contributed by atoms with Crippen molar-refractivity contribution in [1.29, 1.82) is 0 Å². The summed E-state index contributed by atoms with van der Waals surface area (Å²) in [5.74, 6) is -0.817. The number of rotatable bonds is 4. The van der Waals surface area contributed by atoms with Crippen LogP contribution in [0.3, 0.4) is 0 Å². The molecule has 0 aliphatic heterocycles. The van der Waals surface area contributed by atoms with Gasteiger partial charge in [-0.3, -0.25) is 4.79 Å². The summed E-state index contributed by atoms with van der Waals surface area (Å²) in [4.78, 5) is 19.3. The molecule has 2 aromatic rings. The number of fused-ring (bicyclic) bond motifs is 1. The highest BCUT2D eigenvalue weighted by molar-refractivity contribution is 6.32. The number of aromatic nitrogens is 2. The Morgan fingerprint density at radius 1 is 1.48 bits per heavy atom. The third kappa shape index (κ3) is 4.22. The Morgan fingerprint density at radius 2 is 2.13 bits per heavy atom. The van der Waals surface area contributed by atoms with Crippen LogP contribution in [-0.4, -0.2) is 21.9 Å². The van der Waals surface area contributed by atoms with Crippen LogP contribution >= 0.6 is 11.6 Å². The molecule has 4 nitrogen and oxygen atoms in total. The first-order valence-corrected chi connectivity index (χ1v) is 8.11.